The summed E-state index contributed by atoms with van der Waals surface area (Å²) in [6, 6.07) is 8.37. The molecular weight excluding hydrogens is 404 g/mol. The van der Waals surface area contributed by atoms with E-state index in [2.05, 4.69) is 31.7 Å². The fourth-order valence-electron chi connectivity index (χ4n) is 2.76. The van der Waals surface area contributed by atoms with Gasteiger partial charge in [-0.1, -0.05) is 0 Å². The lowest BCUT2D eigenvalue weighted by Crippen LogP contribution is -2.19. The molecule has 0 radical (unpaired) electrons. The molecule has 0 aliphatic carbocycles. The maximum atomic E-state index is 9.87. The summed E-state index contributed by atoms with van der Waals surface area (Å²) in [4.78, 5) is 8.47. The molecule has 2 aromatic heterocycles. The molecule has 0 saturated heterocycles. The van der Waals surface area contributed by atoms with Crippen molar-refractivity contribution in [1.29, 1.82) is 0 Å². The van der Waals surface area contributed by atoms with Gasteiger partial charge in [-0.15, -0.1) is 0 Å². The summed E-state index contributed by atoms with van der Waals surface area (Å²) in [5.74, 6) is 0.621. The number of rotatable bonds is 8. The number of aromatic hydroxyl groups is 4. The molecule has 2 heterocycles. The maximum absolute atomic E-state index is 9.87. The summed E-state index contributed by atoms with van der Waals surface area (Å²) in [6.45, 7) is 0.344. The fraction of sp³-hybridized carbons (Fsp3) is 0.0526. The van der Waals surface area contributed by atoms with Crippen LogP contribution in [0.15, 0.2) is 61.2 Å². The second kappa shape index (κ2) is 8.32. The van der Waals surface area contributed by atoms with E-state index in [4.69, 9.17) is 0 Å². The highest BCUT2D eigenvalue weighted by Gasteiger charge is 2.09. The molecule has 8 N–H and O–H groups in total. The first-order valence-corrected chi connectivity index (χ1v) is 9.10. The van der Waals surface area contributed by atoms with Gasteiger partial charge in [-0.2, -0.15) is 0 Å². The number of aromatic nitrogens is 4. The van der Waals surface area contributed by atoms with Gasteiger partial charge in [-0.25, -0.2) is 9.97 Å². The van der Waals surface area contributed by atoms with Gasteiger partial charge in [0.25, 0.3) is 0 Å². The molecule has 4 rings (SSSR count). The first-order chi connectivity index (χ1) is 15.0. The van der Waals surface area contributed by atoms with Crippen LogP contribution in [0, 0.1) is 0 Å². The first kappa shape index (κ1) is 19.6. The molecule has 12 heteroatoms. The molecule has 12 nitrogen and oxygen atoms in total. The molecule has 0 fully saturated rings. The molecule has 0 atom stereocenters. The van der Waals surface area contributed by atoms with Gasteiger partial charge in [0.2, 0.25) is 11.9 Å². The van der Waals surface area contributed by atoms with Crippen LogP contribution in [0.3, 0.4) is 0 Å². The van der Waals surface area contributed by atoms with E-state index in [9.17, 15) is 20.4 Å². The van der Waals surface area contributed by atoms with E-state index in [1.165, 1.54) is 36.4 Å². The van der Waals surface area contributed by atoms with Gasteiger partial charge >= 0.3 is 0 Å². The third-order valence-corrected chi connectivity index (χ3v) is 4.32. The van der Waals surface area contributed by atoms with Crippen molar-refractivity contribution in [1.82, 2.24) is 19.1 Å². The number of hydrogen-bond donors (Lipinski definition) is 8. The van der Waals surface area contributed by atoms with Gasteiger partial charge in [-0.3, -0.25) is 30.8 Å². The lowest BCUT2D eigenvalue weighted by molar-refractivity contribution is 0.451. The van der Waals surface area contributed by atoms with Crippen molar-refractivity contribution in [2.75, 3.05) is 21.7 Å². The summed E-state index contributed by atoms with van der Waals surface area (Å²) < 4.78 is 3.57. The number of phenolic OH excluding ortho intramolecular Hbond substituents is 4. The third kappa shape index (κ3) is 4.48. The molecule has 0 unspecified atom stereocenters. The van der Waals surface area contributed by atoms with Crippen LogP contribution >= 0.6 is 0 Å². The minimum atomic E-state index is -0.116. The molecule has 0 aliphatic rings. The molecule has 0 bridgehead atoms. The molecule has 0 saturated carbocycles. The highest BCUT2D eigenvalue weighted by atomic mass is 16.3. The smallest absolute Gasteiger partial charge is 0.223 e. The summed E-state index contributed by atoms with van der Waals surface area (Å²) in [7, 11) is 0. The molecule has 0 amide bonds. The predicted molar refractivity (Wildman–Crippen MR) is 114 cm³/mol. The van der Waals surface area contributed by atoms with Crippen LogP contribution in [-0.4, -0.2) is 39.5 Å². The normalized spacial score (nSPS) is 10.6. The Balaban J connectivity index is 1.42. The third-order valence-electron chi connectivity index (χ3n) is 4.32. The van der Waals surface area contributed by atoms with Crippen LogP contribution in [0.2, 0.25) is 0 Å². The van der Waals surface area contributed by atoms with E-state index >= 15 is 0 Å². The number of hydrogen-bond acceptors (Lipinski definition) is 10. The zero-order chi connectivity index (χ0) is 21.8. The Morgan fingerprint density at radius 3 is 1.52 bits per heavy atom. The fourth-order valence-corrected chi connectivity index (χ4v) is 2.76. The lowest BCUT2D eigenvalue weighted by Gasteiger charge is -2.15. The minimum absolute atomic E-state index is 0.0427. The van der Waals surface area contributed by atoms with Gasteiger partial charge in [0.05, 0.1) is 11.4 Å². The number of benzene rings is 2. The van der Waals surface area contributed by atoms with Gasteiger partial charge in [0, 0.05) is 36.9 Å². The Kier molecular flexibility index (Phi) is 5.26. The van der Waals surface area contributed by atoms with Crippen molar-refractivity contribution in [3.8, 4) is 23.0 Å². The largest absolute Gasteiger partial charge is 0.508 e. The van der Waals surface area contributed by atoms with Crippen molar-refractivity contribution < 1.29 is 20.4 Å². The van der Waals surface area contributed by atoms with Crippen molar-refractivity contribution >= 4 is 23.3 Å². The molecule has 0 aliphatic heterocycles. The summed E-state index contributed by atoms with van der Waals surface area (Å²) in [6.07, 6.45) is 6.72. The average molecular weight is 424 g/mol. The Morgan fingerprint density at radius 1 is 0.645 bits per heavy atom. The van der Waals surface area contributed by atoms with Crippen molar-refractivity contribution in [3.05, 3.63) is 61.2 Å². The SMILES string of the molecule is Oc1ccc(NNc2nccn2Cn2ccnc2NNc2ccc(O)cc2O)c(O)c1. The monoisotopic (exact) mass is 424 g/mol. The number of phenols is 4. The summed E-state index contributed by atoms with van der Waals surface area (Å²) >= 11 is 0. The number of hydrazine groups is 2. The van der Waals surface area contributed by atoms with Crippen LogP contribution < -0.4 is 21.7 Å². The van der Waals surface area contributed by atoms with Crippen molar-refractivity contribution in [2.45, 2.75) is 6.67 Å². The highest BCUT2D eigenvalue weighted by molar-refractivity contribution is 5.61. The molecule has 0 spiro atoms. The topological polar surface area (TPSA) is 165 Å². The molecule has 31 heavy (non-hydrogen) atoms. The van der Waals surface area contributed by atoms with E-state index in [1.807, 2.05) is 0 Å². The zero-order valence-corrected chi connectivity index (χ0v) is 16.1. The van der Waals surface area contributed by atoms with Gasteiger partial charge in [0.15, 0.2) is 0 Å². The van der Waals surface area contributed by atoms with Gasteiger partial charge < -0.3 is 20.4 Å². The predicted octanol–water partition coefficient (Wildman–Crippen LogP) is 2.29. The standard InChI is InChI=1S/C19H20N8O4/c28-12-1-3-14(16(30)9-12)22-24-18-20-5-7-26(18)11-27-8-6-21-19(27)25-23-15-4-2-13(29)10-17(15)31/h1-10,22-23,28-31H,11H2,(H,20,24)(H,21,25). The average Bonchev–Trinajstić information content (AvgIpc) is 3.36. The van der Waals surface area contributed by atoms with Crippen LogP contribution in [0.5, 0.6) is 23.0 Å². The Labute approximate surface area is 176 Å². The number of imidazole rings is 2. The van der Waals surface area contributed by atoms with E-state index in [0.29, 0.717) is 29.9 Å². The van der Waals surface area contributed by atoms with Crippen LogP contribution in [-0.2, 0) is 6.67 Å². The zero-order valence-electron chi connectivity index (χ0n) is 16.1. The first-order valence-electron chi connectivity index (χ1n) is 9.10. The highest BCUT2D eigenvalue weighted by Crippen LogP contribution is 2.28. The van der Waals surface area contributed by atoms with Crippen molar-refractivity contribution in [3.63, 3.8) is 0 Å². The number of anilines is 4. The summed E-state index contributed by atoms with van der Waals surface area (Å²) in [5.41, 5.74) is 12.2. The van der Waals surface area contributed by atoms with Crippen LogP contribution in [0.4, 0.5) is 23.3 Å². The quantitative estimate of drug-likeness (QED) is 0.119. The van der Waals surface area contributed by atoms with E-state index < -0.39 is 0 Å². The Morgan fingerprint density at radius 2 is 1.10 bits per heavy atom. The lowest BCUT2D eigenvalue weighted by atomic mass is 10.3. The van der Waals surface area contributed by atoms with Gasteiger partial charge in [0.1, 0.15) is 29.7 Å². The van der Waals surface area contributed by atoms with E-state index in [1.54, 1.807) is 33.9 Å². The Hall–Kier alpha value is -4.74. The maximum Gasteiger partial charge on any atom is 0.223 e. The van der Waals surface area contributed by atoms with Crippen LogP contribution in [0.1, 0.15) is 0 Å². The van der Waals surface area contributed by atoms with E-state index in [-0.39, 0.29) is 23.0 Å². The van der Waals surface area contributed by atoms with Crippen LogP contribution in [0.25, 0.3) is 0 Å². The summed E-state index contributed by atoms with van der Waals surface area (Å²) in [5, 5.41) is 38.5. The second-order valence-corrected chi connectivity index (χ2v) is 6.49. The number of nitrogens with one attached hydrogen (secondary N) is 4. The minimum Gasteiger partial charge on any atom is -0.508 e. The van der Waals surface area contributed by atoms with Crippen molar-refractivity contribution in [2.24, 2.45) is 0 Å². The van der Waals surface area contributed by atoms with Gasteiger partial charge in [-0.05, 0) is 24.3 Å². The van der Waals surface area contributed by atoms with E-state index in [0.717, 1.165) is 0 Å². The molecule has 2 aromatic carbocycles. The molecular formula is C19H20N8O4. The number of nitrogens with zero attached hydrogens (tertiary/aromatic N) is 4. The molecule has 4 aromatic rings. The molecule has 160 valence electrons. The Bertz CT molecular complexity index is 1100. The second-order valence-electron chi connectivity index (χ2n) is 6.49.